The molecule has 2 unspecified atom stereocenters. The van der Waals surface area contributed by atoms with Gasteiger partial charge in [-0.3, -0.25) is 14.6 Å². The van der Waals surface area contributed by atoms with Crippen molar-refractivity contribution in [3.05, 3.63) is 30.1 Å². The van der Waals surface area contributed by atoms with Crippen molar-refractivity contribution in [1.29, 1.82) is 0 Å². The number of amides is 2. The summed E-state index contributed by atoms with van der Waals surface area (Å²) in [6.45, 7) is 6.48. The quantitative estimate of drug-likeness (QED) is 0.850. The van der Waals surface area contributed by atoms with Crippen LogP contribution >= 0.6 is 0 Å². The second kappa shape index (κ2) is 6.07. The van der Waals surface area contributed by atoms with E-state index >= 15 is 0 Å². The van der Waals surface area contributed by atoms with E-state index in [0.29, 0.717) is 32.1 Å². The Morgan fingerprint density at radius 1 is 1.18 bits per heavy atom. The number of pyridine rings is 1. The van der Waals surface area contributed by atoms with Gasteiger partial charge in [0.2, 0.25) is 11.8 Å². The molecule has 5 heteroatoms. The predicted octanol–water partition coefficient (Wildman–Crippen LogP) is 1.51. The minimum absolute atomic E-state index is 0.0284. The maximum atomic E-state index is 12.6. The normalized spacial score (nSPS) is 24.5. The van der Waals surface area contributed by atoms with Crippen molar-refractivity contribution in [2.24, 2.45) is 11.8 Å². The van der Waals surface area contributed by atoms with Gasteiger partial charge in [0.25, 0.3) is 0 Å². The van der Waals surface area contributed by atoms with Crippen molar-refractivity contribution in [3.63, 3.8) is 0 Å². The Hall–Kier alpha value is -1.91. The van der Waals surface area contributed by atoms with E-state index in [1.54, 1.807) is 6.20 Å². The standard InChI is InChI=1S/C17H23N3O2/c1-12(2)16(21)19-6-8-20(9-7-19)17(22)15-10-14(15)13-4-3-5-18-11-13/h3-5,11-12,14-15H,6-10H2,1-2H3. The van der Waals surface area contributed by atoms with E-state index in [1.807, 2.05) is 42.0 Å². The fourth-order valence-corrected chi connectivity index (χ4v) is 3.18. The van der Waals surface area contributed by atoms with E-state index in [1.165, 1.54) is 0 Å². The Labute approximate surface area is 131 Å². The molecule has 118 valence electrons. The molecule has 0 spiro atoms. The second-order valence-electron chi connectivity index (χ2n) is 6.54. The summed E-state index contributed by atoms with van der Waals surface area (Å²) in [5.41, 5.74) is 1.16. The van der Waals surface area contributed by atoms with Gasteiger partial charge in [-0.05, 0) is 24.0 Å². The van der Waals surface area contributed by atoms with Crippen molar-refractivity contribution < 1.29 is 9.59 Å². The van der Waals surface area contributed by atoms with Crippen molar-refractivity contribution in [3.8, 4) is 0 Å². The lowest BCUT2D eigenvalue weighted by Gasteiger charge is -2.35. The van der Waals surface area contributed by atoms with Crippen LogP contribution in [0.25, 0.3) is 0 Å². The topological polar surface area (TPSA) is 53.5 Å². The highest BCUT2D eigenvalue weighted by molar-refractivity contribution is 5.83. The van der Waals surface area contributed by atoms with Crippen LogP contribution in [-0.4, -0.2) is 52.8 Å². The van der Waals surface area contributed by atoms with Crippen LogP contribution in [0, 0.1) is 11.8 Å². The van der Waals surface area contributed by atoms with Crippen LogP contribution in [0.4, 0.5) is 0 Å². The molecular weight excluding hydrogens is 278 g/mol. The minimum Gasteiger partial charge on any atom is -0.339 e. The van der Waals surface area contributed by atoms with E-state index in [4.69, 9.17) is 0 Å². The lowest BCUT2D eigenvalue weighted by atomic mass is 10.1. The van der Waals surface area contributed by atoms with Gasteiger partial charge < -0.3 is 9.80 Å². The third kappa shape index (κ3) is 2.98. The van der Waals surface area contributed by atoms with Crippen LogP contribution in [0.5, 0.6) is 0 Å². The minimum atomic E-state index is 0.0284. The summed E-state index contributed by atoms with van der Waals surface area (Å²) in [5.74, 6) is 0.894. The molecule has 22 heavy (non-hydrogen) atoms. The van der Waals surface area contributed by atoms with Crippen LogP contribution in [0.15, 0.2) is 24.5 Å². The highest BCUT2D eigenvalue weighted by Gasteiger charge is 2.46. The monoisotopic (exact) mass is 301 g/mol. The van der Waals surface area contributed by atoms with Crippen molar-refractivity contribution >= 4 is 11.8 Å². The Kier molecular flexibility index (Phi) is 4.14. The number of aromatic nitrogens is 1. The molecule has 2 heterocycles. The summed E-state index contributed by atoms with van der Waals surface area (Å²) in [6.07, 6.45) is 4.54. The van der Waals surface area contributed by atoms with Crippen LogP contribution in [0.2, 0.25) is 0 Å². The van der Waals surface area contributed by atoms with Gasteiger partial charge in [0, 0.05) is 50.4 Å². The van der Waals surface area contributed by atoms with Gasteiger partial charge in [-0.25, -0.2) is 0 Å². The Balaban J connectivity index is 1.52. The Morgan fingerprint density at radius 3 is 2.45 bits per heavy atom. The third-order valence-electron chi connectivity index (χ3n) is 4.62. The van der Waals surface area contributed by atoms with Gasteiger partial charge in [-0.2, -0.15) is 0 Å². The van der Waals surface area contributed by atoms with Gasteiger partial charge >= 0.3 is 0 Å². The molecule has 0 aromatic carbocycles. The predicted molar refractivity (Wildman–Crippen MR) is 83.1 cm³/mol. The summed E-state index contributed by atoms with van der Waals surface area (Å²) in [7, 11) is 0. The number of carbonyl (C=O) groups excluding carboxylic acids is 2. The van der Waals surface area contributed by atoms with Crippen LogP contribution < -0.4 is 0 Å². The lowest BCUT2D eigenvalue weighted by molar-refractivity contribution is -0.142. The summed E-state index contributed by atoms with van der Waals surface area (Å²) >= 11 is 0. The van der Waals surface area contributed by atoms with Gasteiger partial charge in [0.15, 0.2) is 0 Å². The molecular formula is C17H23N3O2. The first-order valence-corrected chi connectivity index (χ1v) is 8.05. The molecule has 1 aromatic heterocycles. The van der Waals surface area contributed by atoms with Crippen LogP contribution in [0.3, 0.4) is 0 Å². The summed E-state index contributed by atoms with van der Waals surface area (Å²) in [6, 6.07) is 3.97. The van der Waals surface area contributed by atoms with Gasteiger partial charge in [-0.1, -0.05) is 19.9 Å². The first-order valence-electron chi connectivity index (χ1n) is 8.05. The molecule has 1 aromatic rings. The summed E-state index contributed by atoms with van der Waals surface area (Å²) in [5, 5.41) is 0. The zero-order valence-corrected chi connectivity index (χ0v) is 13.2. The Bertz CT molecular complexity index is 550. The largest absolute Gasteiger partial charge is 0.339 e. The zero-order valence-electron chi connectivity index (χ0n) is 13.2. The van der Waals surface area contributed by atoms with Crippen molar-refractivity contribution in [2.75, 3.05) is 26.2 Å². The molecule has 0 radical (unpaired) electrons. The zero-order chi connectivity index (χ0) is 15.7. The lowest BCUT2D eigenvalue weighted by Crippen LogP contribution is -2.52. The summed E-state index contributed by atoms with van der Waals surface area (Å²) in [4.78, 5) is 32.5. The van der Waals surface area contributed by atoms with Gasteiger partial charge in [-0.15, -0.1) is 0 Å². The molecule has 2 aliphatic rings. The van der Waals surface area contributed by atoms with E-state index in [-0.39, 0.29) is 23.7 Å². The molecule has 1 aliphatic heterocycles. The first kappa shape index (κ1) is 15.0. The highest BCUT2D eigenvalue weighted by Crippen LogP contribution is 2.48. The van der Waals surface area contributed by atoms with Crippen LogP contribution in [0.1, 0.15) is 31.7 Å². The first-order chi connectivity index (χ1) is 10.6. The highest BCUT2D eigenvalue weighted by atomic mass is 16.2. The third-order valence-corrected chi connectivity index (χ3v) is 4.62. The molecule has 0 N–H and O–H groups in total. The number of carbonyl (C=O) groups is 2. The molecule has 2 fully saturated rings. The Morgan fingerprint density at radius 2 is 1.86 bits per heavy atom. The molecule has 2 atom stereocenters. The fraction of sp³-hybridized carbons (Fsp3) is 0.588. The average Bonchev–Trinajstić information content (AvgIpc) is 3.35. The molecule has 5 nitrogen and oxygen atoms in total. The number of nitrogens with zero attached hydrogens (tertiary/aromatic N) is 3. The SMILES string of the molecule is CC(C)C(=O)N1CCN(C(=O)C2CC2c2cccnc2)CC1. The van der Waals surface area contributed by atoms with Crippen molar-refractivity contribution in [2.45, 2.75) is 26.2 Å². The van der Waals surface area contributed by atoms with Gasteiger partial charge in [0.05, 0.1) is 0 Å². The number of hydrogen-bond acceptors (Lipinski definition) is 3. The van der Waals surface area contributed by atoms with Gasteiger partial charge in [0.1, 0.15) is 0 Å². The van der Waals surface area contributed by atoms with E-state index in [9.17, 15) is 9.59 Å². The average molecular weight is 301 g/mol. The van der Waals surface area contributed by atoms with E-state index in [0.717, 1.165) is 12.0 Å². The maximum absolute atomic E-state index is 12.6. The molecule has 1 saturated heterocycles. The molecule has 2 amide bonds. The van der Waals surface area contributed by atoms with Crippen LogP contribution in [-0.2, 0) is 9.59 Å². The molecule has 1 aliphatic carbocycles. The summed E-state index contributed by atoms with van der Waals surface area (Å²) < 4.78 is 0. The molecule has 3 rings (SSSR count). The number of hydrogen-bond donors (Lipinski definition) is 0. The van der Waals surface area contributed by atoms with E-state index < -0.39 is 0 Å². The number of rotatable bonds is 3. The smallest absolute Gasteiger partial charge is 0.226 e. The molecule has 1 saturated carbocycles. The second-order valence-corrected chi connectivity index (χ2v) is 6.54. The number of piperazine rings is 1. The van der Waals surface area contributed by atoms with Crippen molar-refractivity contribution in [1.82, 2.24) is 14.8 Å². The molecule has 0 bridgehead atoms. The maximum Gasteiger partial charge on any atom is 0.226 e. The fourth-order valence-electron chi connectivity index (χ4n) is 3.18. The van der Waals surface area contributed by atoms with E-state index in [2.05, 4.69) is 4.98 Å².